The van der Waals surface area contributed by atoms with Crippen molar-refractivity contribution in [3.63, 3.8) is 0 Å². The number of carbonyl (C=O) groups excluding carboxylic acids is 2. The Balaban J connectivity index is 0.000000407. The number of hydrogen-bond donors (Lipinski definition) is 1. The molecule has 3 atom stereocenters. The van der Waals surface area contributed by atoms with Gasteiger partial charge in [-0.3, -0.25) is 9.00 Å². The van der Waals surface area contributed by atoms with Crippen LogP contribution in [-0.4, -0.2) is 63.5 Å². The molecule has 3 unspecified atom stereocenters. The van der Waals surface area contributed by atoms with Crippen molar-refractivity contribution >= 4 is 46.0 Å². The molecule has 0 radical (unpaired) electrons. The summed E-state index contributed by atoms with van der Waals surface area (Å²) in [7, 11) is 0.521. The zero-order valence-electron chi connectivity index (χ0n) is 24.8. The van der Waals surface area contributed by atoms with Crippen molar-refractivity contribution in [3.8, 4) is 0 Å². The van der Waals surface area contributed by atoms with Crippen LogP contribution in [0.1, 0.15) is 66.5 Å². The molecule has 1 heterocycles. The number of rotatable bonds is 5. The largest absolute Gasteiger partial charge is 0.444 e. The highest BCUT2D eigenvalue weighted by atomic mass is 35.5. The highest BCUT2D eigenvalue weighted by Gasteiger charge is 2.36. The molecule has 1 fully saturated rings. The van der Waals surface area contributed by atoms with Crippen molar-refractivity contribution in [2.75, 3.05) is 26.0 Å². The Morgan fingerprint density at radius 1 is 1.05 bits per heavy atom. The van der Waals surface area contributed by atoms with E-state index in [4.69, 9.17) is 32.7 Å². The molecule has 40 heavy (non-hydrogen) atoms. The lowest BCUT2D eigenvalue weighted by Crippen LogP contribution is -2.52. The van der Waals surface area contributed by atoms with Gasteiger partial charge in [0.2, 0.25) is 5.91 Å². The van der Waals surface area contributed by atoms with Gasteiger partial charge in [-0.25, -0.2) is 4.79 Å². The maximum Gasteiger partial charge on any atom is 0.407 e. The van der Waals surface area contributed by atoms with Gasteiger partial charge < -0.3 is 19.7 Å². The van der Waals surface area contributed by atoms with Crippen LogP contribution in [0.15, 0.2) is 54.6 Å². The first-order valence-corrected chi connectivity index (χ1v) is 15.3. The minimum atomic E-state index is -1.01. The third-order valence-corrected chi connectivity index (χ3v) is 8.16. The second-order valence-electron chi connectivity index (χ2n) is 11.1. The van der Waals surface area contributed by atoms with E-state index < -0.39 is 10.8 Å². The molecular weight excluding hydrogens is 571 g/mol. The van der Waals surface area contributed by atoms with Gasteiger partial charge in [-0.15, -0.1) is 0 Å². The third-order valence-electron chi connectivity index (χ3n) is 5.61. The minimum absolute atomic E-state index is 0.0426. The predicted octanol–water partition coefficient (Wildman–Crippen LogP) is 7.05. The summed E-state index contributed by atoms with van der Waals surface area (Å²) in [4.78, 5) is 24.9. The van der Waals surface area contributed by atoms with Crippen molar-refractivity contribution in [3.05, 3.63) is 70.2 Å². The number of alkyl carbamates (subject to hydrolysis) is 1. The Morgan fingerprint density at radius 3 is 2.00 bits per heavy atom. The molecule has 224 valence electrons. The van der Waals surface area contributed by atoms with E-state index in [9.17, 15) is 13.8 Å². The summed E-state index contributed by atoms with van der Waals surface area (Å²) in [5.74, 6) is 0.439. The lowest BCUT2D eigenvalue weighted by Gasteiger charge is -2.41. The lowest BCUT2D eigenvalue weighted by molar-refractivity contribution is -0.151. The number of nitrogens with one attached hydrogen (secondary N) is 1. The van der Waals surface area contributed by atoms with Crippen LogP contribution in [0.4, 0.5) is 4.79 Å². The summed E-state index contributed by atoms with van der Waals surface area (Å²) in [6.07, 6.45) is 0.375. The van der Waals surface area contributed by atoms with Gasteiger partial charge in [0, 0.05) is 44.4 Å². The number of morpholine rings is 1. The molecule has 0 aliphatic carbocycles. The summed E-state index contributed by atoms with van der Waals surface area (Å²) in [5, 5.41) is 3.82. The predicted molar refractivity (Wildman–Crippen MR) is 165 cm³/mol. The topological polar surface area (TPSA) is 84.9 Å². The molecule has 7 nitrogen and oxygen atoms in total. The quantitative estimate of drug-likeness (QED) is 0.390. The summed E-state index contributed by atoms with van der Waals surface area (Å²) in [6, 6.07) is 16.7. The molecule has 10 heteroatoms. The molecular formula is C30H44Cl2N2O5S. The first-order chi connectivity index (χ1) is 18.6. The molecule has 0 saturated carbocycles. The van der Waals surface area contributed by atoms with Gasteiger partial charge in [-0.2, -0.15) is 0 Å². The van der Waals surface area contributed by atoms with E-state index in [-0.39, 0.29) is 41.0 Å². The van der Waals surface area contributed by atoms with Gasteiger partial charge in [-0.05, 0) is 77.8 Å². The number of hydrogen-bond acceptors (Lipinski definition) is 5. The molecule has 1 aliphatic heterocycles. The number of ether oxygens (including phenoxy) is 2. The van der Waals surface area contributed by atoms with Crippen LogP contribution in [0.5, 0.6) is 0 Å². The molecule has 2 aromatic carbocycles. The van der Waals surface area contributed by atoms with Gasteiger partial charge in [0.25, 0.3) is 0 Å². The van der Waals surface area contributed by atoms with Crippen LogP contribution in [-0.2, 0) is 25.1 Å². The molecule has 0 aromatic heterocycles. The monoisotopic (exact) mass is 614 g/mol. The fourth-order valence-electron chi connectivity index (χ4n) is 3.55. The van der Waals surface area contributed by atoms with Gasteiger partial charge in [0.1, 0.15) is 12.2 Å². The third kappa shape index (κ3) is 13.5. The average molecular weight is 616 g/mol. The van der Waals surface area contributed by atoms with E-state index in [1.807, 2.05) is 108 Å². The normalized spacial score (nSPS) is 16.9. The summed E-state index contributed by atoms with van der Waals surface area (Å²) in [6.45, 7) is 13.9. The summed E-state index contributed by atoms with van der Waals surface area (Å²) < 4.78 is 22.6. The number of benzene rings is 2. The van der Waals surface area contributed by atoms with E-state index in [1.54, 1.807) is 0 Å². The lowest BCUT2D eigenvalue weighted by atomic mass is 10.0. The zero-order valence-corrected chi connectivity index (χ0v) is 27.2. The van der Waals surface area contributed by atoms with Crippen molar-refractivity contribution in [2.24, 2.45) is 0 Å². The molecule has 1 saturated heterocycles. The first kappa shape index (κ1) is 35.9. The van der Waals surface area contributed by atoms with E-state index in [1.165, 1.54) is 7.05 Å². The standard InChI is InChI=1S/C18H26ClNO3S.C6H5Cl.C6H13NO2/c1-5-15(12-24(22)18(2,3)4)20-16(10-23-11-17(20)21)13-6-8-14(19)9-7-13;7-6-4-2-1-3-5-6;1-6(2,3)9-5(8)7-4/h6-9,15-16H,5,10-12H2,1-4H3;1-5H;1-4H3,(H,7,8). The number of halogens is 2. The highest BCUT2D eigenvalue weighted by molar-refractivity contribution is 7.86. The highest BCUT2D eigenvalue weighted by Crippen LogP contribution is 2.30. The summed E-state index contributed by atoms with van der Waals surface area (Å²) >= 11 is 11.5. The smallest absolute Gasteiger partial charge is 0.407 e. The fraction of sp³-hybridized carbons (Fsp3) is 0.533. The van der Waals surface area contributed by atoms with Crippen molar-refractivity contribution in [1.82, 2.24) is 10.2 Å². The van der Waals surface area contributed by atoms with Gasteiger partial charge in [0.15, 0.2) is 0 Å². The van der Waals surface area contributed by atoms with Crippen LogP contribution in [0.2, 0.25) is 10.0 Å². The van der Waals surface area contributed by atoms with Gasteiger partial charge in [0.05, 0.1) is 12.6 Å². The maximum atomic E-state index is 12.6. The Bertz CT molecular complexity index is 1070. The van der Waals surface area contributed by atoms with Crippen LogP contribution in [0.25, 0.3) is 0 Å². The fourth-order valence-corrected chi connectivity index (χ4v) is 5.07. The molecule has 0 spiro atoms. The Morgan fingerprint density at radius 2 is 1.60 bits per heavy atom. The van der Waals surface area contributed by atoms with Crippen LogP contribution < -0.4 is 5.32 Å². The molecule has 2 aromatic rings. The molecule has 1 N–H and O–H groups in total. The number of nitrogens with zero attached hydrogens (tertiary/aromatic N) is 1. The summed E-state index contributed by atoms with van der Waals surface area (Å²) in [5.41, 5.74) is 0.604. The zero-order chi connectivity index (χ0) is 30.5. The maximum absolute atomic E-state index is 12.6. The van der Waals surface area contributed by atoms with Crippen LogP contribution in [0, 0.1) is 0 Å². The Kier molecular flexibility index (Phi) is 15.2. The molecule has 1 aliphatic rings. The molecule has 0 bridgehead atoms. The van der Waals surface area contributed by atoms with Crippen molar-refractivity contribution in [1.29, 1.82) is 0 Å². The second kappa shape index (κ2) is 17.0. The van der Waals surface area contributed by atoms with Crippen molar-refractivity contribution in [2.45, 2.75) is 77.3 Å². The molecule has 2 amide bonds. The van der Waals surface area contributed by atoms with E-state index in [2.05, 4.69) is 5.32 Å². The Labute approximate surface area is 252 Å². The number of amides is 2. The average Bonchev–Trinajstić information content (AvgIpc) is 2.87. The van der Waals surface area contributed by atoms with Crippen LogP contribution >= 0.6 is 23.2 Å². The van der Waals surface area contributed by atoms with E-state index in [0.717, 1.165) is 17.0 Å². The first-order valence-electron chi connectivity index (χ1n) is 13.2. The second-order valence-corrected chi connectivity index (χ2v) is 14.2. The minimum Gasteiger partial charge on any atom is -0.444 e. The number of carbonyl (C=O) groups is 2. The SMILES string of the molecule is CCC(CS(=O)C(C)(C)C)N1C(=O)COCC1c1ccc(Cl)cc1.CNC(=O)OC(C)(C)C.Clc1ccccc1. The van der Waals surface area contributed by atoms with Gasteiger partial charge >= 0.3 is 6.09 Å². The van der Waals surface area contributed by atoms with Crippen molar-refractivity contribution < 1.29 is 23.3 Å². The van der Waals surface area contributed by atoms with E-state index in [0.29, 0.717) is 17.4 Å². The van der Waals surface area contributed by atoms with E-state index >= 15 is 0 Å². The Hall–Kier alpha value is -2.13. The van der Waals surface area contributed by atoms with Crippen LogP contribution in [0.3, 0.4) is 0 Å². The molecule has 3 rings (SSSR count). The van der Waals surface area contributed by atoms with Gasteiger partial charge in [-0.1, -0.05) is 60.5 Å².